The molecule has 0 saturated carbocycles. The van der Waals surface area contributed by atoms with E-state index in [-0.39, 0.29) is 11.8 Å². The van der Waals surface area contributed by atoms with Crippen molar-refractivity contribution in [2.75, 3.05) is 25.4 Å². The minimum Gasteiger partial charge on any atom is -0.396 e. The quantitative estimate of drug-likeness (QED) is 0.862. The standard InChI is InChI=1S/C14H18F2N2O2/c1-2-18(8-9-4-3-7-20-9)14(19)12-10(15)5-6-11(17)13(12)16/h5-6,9H,2-4,7-8,17H2,1H3. The Hall–Kier alpha value is -1.69. The van der Waals surface area contributed by atoms with Crippen LogP contribution < -0.4 is 5.73 Å². The molecule has 2 rings (SSSR count). The van der Waals surface area contributed by atoms with E-state index in [1.165, 1.54) is 4.90 Å². The fraction of sp³-hybridized carbons (Fsp3) is 0.500. The molecule has 1 aromatic carbocycles. The van der Waals surface area contributed by atoms with E-state index in [1.807, 2.05) is 0 Å². The SMILES string of the molecule is CCN(CC1CCCO1)C(=O)c1c(F)ccc(N)c1F. The van der Waals surface area contributed by atoms with Crippen LogP contribution in [0.4, 0.5) is 14.5 Å². The third kappa shape index (κ3) is 2.90. The van der Waals surface area contributed by atoms with Crippen molar-refractivity contribution in [2.45, 2.75) is 25.9 Å². The fourth-order valence-corrected chi connectivity index (χ4v) is 2.31. The number of nitrogens with zero attached hydrogens (tertiary/aromatic N) is 1. The minimum atomic E-state index is -0.999. The number of ether oxygens (including phenoxy) is 1. The van der Waals surface area contributed by atoms with Crippen molar-refractivity contribution in [1.82, 2.24) is 4.90 Å². The molecule has 1 atom stereocenters. The van der Waals surface area contributed by atoms with Crippen molar-refractivity contribution < 1.29 is 18.3 Å². The first kappa shape index (κ1) is 14.7. The predicted octanol–water partition coefficient (Wildman–Crippen LogP) is 2.19. The molecule has 110 valence electrons. The maximum atomic E-state index is 13.9. The van der Waals surface area contributed by atoms with E-state index in [0.717, 1.165) is 25.0 Å². The Labute approximate surface area is 116 Å². The number of nitrogen functional groups attached to an aromatic ring is 1. The molecule has 1 aromatic rings. The fourth-order valence-electron chi connectivity index (χ4n) is 2.31. The summed E-state index contributed by atoms with van der Waals surface area (Å²) >= 11 is 0. The van der Waals surface area contributed by atoms with Crippen LogP contribution in [0.15, 0.2) is 12.1 Å². The molecule has 1 heterocycles. The molecule has 0 aromatic heterocycles. The van der Waals surface area contributed by atoms with Crippen LogP contribution in [0.25, 0.3) is 0 Å². The molecule has 0 radical (unpaired) electrons. The van der Waals surface area contributed by atoms with E-state index in [4.69, 9.17) is 10.5 Å². The lowest BCUT2D eigenvalue weighted by Crippen LogP contribution is -2.38. The molecule has 1 aliphatic heterocycles. The number of hydrogen-bond acceptors (Lipinski definition) is 3. The van der Waals surface area contributed by atoms with Gasteiger partial charge in [-0.15, -0.1) is 0 Å². The maximum absolute atomic E-state index is 13.9. The van der Waals surface area contributed by atoms with E-state index in [1.54, 1.807) is 6.92 Å². The first-order valence-corrected chi connectivity index (χ1v) is 6.69. The number of likely N-dealkylation sites (N-methyl/N-ethyl adjacent to an activating group) is 1. The van der Waals surface area contributed by atoms with Gasteiger partial charge in [-0.1, -0.05) is 0 Å². The highest BCUT2D eigenvalue weighted by Gasteiger charge is 2.27. The molecule has 6 heteroatoms. The van der Waals surface area contributed by atoms with Crippen molar-refractivity contribution >= 4 is 11.6 Å². The third-order valence-corrected chi connectivity index (χ3v) is 3.45. The highest BCUT2D eigenvalue weighted by molar-refractivity contribution is 5.95. The molecule has 0 spiro atoms. The number of halogens is 2. The Morgan fingerprint density at radius 3 is 2.85 bits per heavy atom. The summed E-state index contributed by atoms with van der Waals surface area (Å²) in [7, 11) is 0. The van der Waals surface area contributed by atoms with Crippen LogP contribution in [0.2, 0.25) is 0 Å². The second-order valence-electron chi connectivity index (χ2n) is 4.80. The summed E-state index contributed by atoms with van der Waals surface area (Å²) in [4.78, 5) is 13.7. The molecule has 20 heavy (non-hydrogen) atoms. The summed E-state index contributed by atoms with van der Waals surface area (Å²) in [6.07, 6.45) is 1.73. The van der Waals surface area contributed by atoms with Gasteiger partial charge < -0.3 is 15.4 Å². The summed E-state index contributed by atoms with van der Waals surface area (Å²) < 4.78 is 33.0. The number of anilines is 1. The normalized spacial score (nSPS) is 18.2. The zero-order valence-electron chi connectivity index (χ0n) is 11.4. The molecule has 2 N–H and O–H groups in total. The summed E-state index contributed by atoms with van der Waals surface area (Å²) in [5, 5.41) is 0. The number of carbonyl (C=O) groups is 1. The van der Waals surface area contributed by atoms with Gasteiger partial charge in [-0.3, -0.25) is 4.79 Å². The molecule has 0 aliphatic carbocycles. The predicted molar refractivity (Wildman–Crippen MR) is 71.3 cm³/mol. The van der Waals surface area contributed by atoms with Crippen LogP contribution in [-0.4, -0.2) is 36.6 Å². The van der Waals surface area contributed by atoms with Crippen LogP contribution in [0, 0.1) is 11.6 Å². The van der Waals surface area contributed by atoms with Crippen molar-refractivity contribution in [1.29, 1.82) is 0 Å². The zero-order chi connectivity index (χ0) is 14.7. The topological polar surface area (TPSA) is 55.6 Å². The van der Waals surface area contributed by atoms with E-state index < -0.39 is 23.1 Å². The second kappa shape index (κ2) is 6.17. The first-order chi connectivity index (χ1) is 9.54. The molecule has 1 unspecified atom stereocenters. The molecule has 1 saturated heterocycles. The van der Waals surface area contributed by atoms with Crippen LogP contribution in [0.5, 0.6) is 0 Å². The molecule has 4 nitrogen and oxygen atoms in total. The Morgan fingerprint density at radius 2 is 2.25 bits per heavy atom. The monoisotopic (exact) mass is 284 g/mol. The Kier molecular flexibility index (Phi) is 4.54. The Bertz CT molecular complexity index is 502. The summed E-state index contributed by atoms with van der Waals surface area (Å²) in [5.41, 5.74) is 4.57. The number of carbonyl (C=O) groups excluding carboxylic acids is 1. The Morgan fingerprint density at radius 1 is 1.50 bits per heavy atom. The van der Waals surface area contributed by atoms with Crippen LogP contribution in [-0.2, 0) is 4.74 Å². The smallest absolute Gasteiger partial charge is 0.259 e. The van der Waals surface area contributed by atoms with E-state index >= 15 is 0 Å². The zero-order valence-corrected chi connectivity index (χ0v) is 11.4. The maximum Gasteiger partial charge on any atom is 0.259 e. The number of amides is 1. The van der Waals surface area contributed by atoms with Crippen molar-refractivity contribution in [3.63, 3.8) is 0 Å². The lowest BCUT2D eigenvalue weighted by Gasteiger charge is -2.24. The van der Waals surface area contributed by atoms with Gasteiger partial charge in [-0.25, -0.2) is 8.78 Å². The van der Waals surface area contributed by atoms with Crippen molar-refractivity contribution in [3.05, 3.63) is 29.3 Å². The van der Waals surface area contributed by atoms with Gasteiger partial charge in [0.25, 0.3) is 5.91 Å². The highest BCUT2D eigenvalue weighted by atomic mass is 19.1. The number of nitrogens with two attached hydrogens (primary N) is 1. The molecule has 0 bridgehead atoms. The summed E-state index contributed by atoms with van der Waals surface area (Å²) in [6, 6.07) is 2.11. The van der Waals surface area contributed by atoms with Crippen molar-refractivity contribution in [3.8, 4) is 0 Å². The molecular weight excluding hydrogens is 266 g/mol. The summed E-state index contributed by atoms with van der Waals surface area (Å²) in [5.74, 6) is -2.58. The van der Waals surface area contributed by atoms with Gasteiger partial charge >= 0.3 is 0 Å². The van der Waals surface area contributed by atoms with Crippen molar-refractivity contribution in [2.24, 2.45) is 0 Å². The van der Waals surface area contributed by atoms with Gasteiger partial charge in [0.1, 0.15) is 11.4 Å². The third-order valence-electron chi connectivity index (χ3n) is 3.45. The minimum absolute atomic E-state index is 0.0638. The van der Waals surface area contributed by atoms with Gasteiger partial charge in [0.15, 0.2) is 5.82 Å². The summed E-state index contributed by atoms with van der Waals surface area (Å²) in [6.45, 7) is 3.11. The lowest BCUT2D eigenvalue weighted by atomic mass is 10.1. The molecular formula is C14H18F2N2O2. The van der Waals surface area contributed by atoms with E-state index in [0.29, 0.717) is 19.7 Å². The highest BCUT2D eigenvalue weighted by Crippen LogP contribution is 2.21. The van der Waals surface area contributed by atoms with Gasteiger partial charge in [0, 0.05) is 19.7 Å². The van der Waals surface area contributed by atoms with Crippen LogP contribution in [0.3, 0.4) is 0 Å². The van der Waals surface area contributed by atoms with E-state index in [2.05, 4.69) is 0 Å². The molecule has 1 aliphatic rings. The number of rotatable bonds is 4. The molecule has 1 amide bonds. The average molecular weight is 284 g/mol. The average Bonchev–Trinajstić information content (AvgIpc) is 2.93. The Balaban J connectivity index is 2.21. The second-order valence-corrected chi connectivity index (χ2v) is 4.80. The van der Waals surface area contributed by atoms with Gasteiger partial charge in [0.2, 0.25) is 0 Å². The number of benzene rings is 1. The first-order valence-electron chi connectivity index (χ1n) is 6.69. The lowest BCUT2D eigenvalue weighted by molar-refractivity contribution is 0.0532. The van der Waals surface area contributed by atoms with Crippen LogP contribution in [0.1, 0.15) is 30.1 Å². The number of hydrogen-bond donors (Lipinski definition) is 1. The molecule has 1 fully saturated rings. The van der Waals surface area contributed by atoms with Gasteiger partial charge in [-0.05, 0) is 31.9 Å². The van der Waals surface area contributed by atoms with Gasteiger partial charge in [-0.2, -0.15) is 0 Å². The van der Waals surface area contributed by atoms with Crippen LogP contribution >= 0.6 is 0 Å². The van der Waals surface area contributed by atoms with E-state index in [9.17, 15) is 13.6 Å². The van der Waals surface area contributed by atoms with Gasteiger partial charge in [0.05, 0.1) is 11.8 Å². The largest absolute Gasteiger partial charge is 0.396 e.